The third-order valence-electron chi connectivity index (χ3n) is 24.0. The standard InChI is InChI=1S/C61H92N4O3/c1-46(2)50-21-26-61(45-67-47(3)41-62-29-32-63(33-30-62,34-31-62)42-48-15-11-9-12-16-48)28-27-59(7)51(56(50)61)19-20-53-58(6)24-23-54(57(4,5)52(58)22-25-60(53,59)8)68-55(66)44-65-38-35-64(36-39-65,37-40-65)43-49-17-13-10-14-18-49/h9-18,50-54,56H,1,3,19-45H2,2,4-8H3/q+4/t50-,51?,52?,53?,54-,56?,58-,59+,60+,61+,62?,63?,64?,65?/m0/s1. The minimum Gasteiger partial charge on any atom is -0.492 e. The van der Waals surface area contributed by atoms with Gasteiger partial charge in [0.15, 0.2) is 6.54 Å². The van der Waals surface area contributed by atoms with Crippen molar-refractivity contribution in [2.24, 2.45) is 56.7 Å². The summed E-state index contributed by atoms with van der Waals surface area (Å²) in [5.74, 6) is 4.30. The van der Waals surface area contributed by atoms with E-state index in [-0.39, 0.29) is 28.3 Å². The van der Waals surface area contributed by atoms with E-state index >= 15 is 0 Å². The first-order chi connectivity index (χ1) is 32.4. The van der Waals surface area contributed by atoms with Gasteiger partial charge in [0.1, 0.15) is 110 Å². The molecular weight excluding hydrogens is 837 g/mol. The Bertz CT molecular complexity index is 2190. The van der Waals surface area contributed by atoms with Crippen LogP contribution in [0.5, 0.6) is 0 Å². The highest BCUT2D eigenvalue weighted by Gasteiger charge is 2.71. The lowest BCUT2D eigenvalue weighted by Crippen LogP contribution is -2.75. The first-order valence-corrected chi connectivity index (χ1v) is 28.0. The number of hydrogen-bond acceptors (Lipinski definition) is 3. The van der Waals surface area contributed by atoms with Gasteiger partial charge in [0.25, 0.3) is 0 Å². The van der Waals surface area contributed by atoms with Crippen molar-refractivity contribution >= 4 is 5.97 Å². The molecule has 7 heteroatoms. The van der Waals surface area contributed by atoms with Gasteiger partial charge in [-0.3, -0.25) is 0 Å². The first-order valence-electron chi connectivity index (χ1n) is 28.0. The molecule has 68 heavy (non-hydrogen) atoms. The maximum absolute atomic E-state index is 14.1. The number of piperazine rings is 6. The van der Waals surface area contributed by atoms with E-state index in [1.807, 2.05) is 0 Å². The van der Waals surface area contributed by atoms with Gasteiger partial charge >= 0.3 is 5.97 Å². The lowest BCUT2D eigenvalue weighted by atomic mass is 9.32. The van der Waals surface area contributed by atoms with Gasteiger partial charge in [-0.25, -0.2) is 4.79 Å². The van der Waals surface area contributed by atoms with Crippen LogP contribution in [0.15, 0.2) is 85.2 Å². The van der Waals surface area contributed by atoms with Crippen LogP contribution in [-0.4, -0.2) is 128 Å². The highest BCUT2D eigenvalue weighted by Crippen LogP contribution is 2.77. The number of allylic oxidation sites excluding steroid dienone is 1. The lowest BCUT2D eigenvalue weighted by molar-refractivity contribution is -1.08. The van der Waals surface area contributed by atoms with Gasteiger partial charge in [0.05, 0.1) is 6.61 Å². The summed E-state index contributed by atoms with van der Waals surface area (Å²) in [4.78, 5) is 14.1. The molecule has 4 bridgehead atoms. The van der Waals surface area contributed by atoms with Crippen molar-refractivity contribution in [2.45, 2.75) is 125 Å². The second kappa shape index (κ2) is 16.8. The molecule has 0 aromatic heterocycles. The highest BCUT2D eigenvalue weighted by molar-refractivity contribution is 5.71. The number of benzene rings is 2. The van der Waals surface area contributed by atoms with Gasteiger partial charge in [0, 0.05) is 22.0 Å². The molecule has 5 saturated carbocycles. The van der Waals surface area contributed by atoms with E-state index in [1.54, 1.807) is 0 Å². The molecule has 6 heterocycles. The number of hydrogen-bond donors (Lipinski definition) is 0. The molecule has 2 aromatic carbocycles. The van der Waals surface area contributed by atoms with Crippen molar-refractivity contribution in [3.63, 3.8) is 0 Å². The van der Waals surface area contributed by atoms with Crippen LogP contribution in [0, 0.1) is 56.7 Å². The molecule has 0 radical (unpaired) electrons. The van der Waals surface area contributed by atoms with Crippen molar-refractivity contribution in [1.29, 1.82) is 0 Å². The van der Waals surface area contributed by atoms with E-state index in [9.17, 15) is 4.79 Å². The molecule has 11 aliphatic rings. The minimum atomic E-state index is -0.0385. The summed E-state index contributed by atoms with van der Waals surface area (Å²) in [7, 11) is 0. The van der Waals surface area contributed by atoms with Crippen molar-refractivity contribution in [3.8, 4) is 0 Å². The molecule has 0 N–H and O–H groups in total. The number of ether oxygens (including phenoxy) is 2. The third kappa shape index (κ3) is 7.65. The van der Waals surface area contributed by atoms with Crippen LogP contribution in [-0.2, 0) is 27.4 Å². The number of carbonyl (C=O) groups is 1. The average molecular weight is 929 g/mol. The normalized spacial score (nSPS) is 45.3. The molecule has 13 rings (SSSR count). The Balaban J connectivity index is 0.735. The third-order valence-corrected chi connectivity index (χ3v) is 24.0. The zero-order valence-corrected chi connectivity index (χ0v) is 43.8. The summed E-state index contributed by atoms with van der Waals surface area (Å²) in [6.45, 7) is 44.1. The predicted octanol–water partition coefficient (Wildman–Crippen LogP) is 10.8. The summed E-state index contributed by atoms with van der Waals surface area (Å²) in [6, 6.07) is 22.2. The number of nitrogens with zero attached hydrogens (tertiary/aromatic N) is 4. The van der Waals surface area contributed by atoms with E-state index in [4.69, 9.17) is 22.6 Å². The molecule has 370 valence electrons. The summed E-state index contributed by atoms with van der Waals surface area (Å²) in [6.07, 6.45) is 12.6. The van der Waals surface area contributed by atoms with E-state index in [0.29, 0.717) is 47.0 Å². The van der Waals surface area contributed by atoms with E-state index < -0.39 is 0 Å². The lowest BCUT2D eigenvalue weighted by Gasteiger charge is -2.73. The van der Waals surface area contributed by atoms with Crippen LogP contribution >= 0.6 is 0 Å². The number of rotatable bonds is 13. The van der Waals surface area contributed by atoms with Gasteiger partial charge in [-0.15, -0.1) is 0 Å². The molecule has 7 nitrogen and oxygen atoms in total. The fourth-order valence-corrected chi connectivity index (χ4v) is 19.6. The molecular formula is C61H92N4O3+4. The largest absolute Gasteiger partial charge is 0.492 e. The van der Waals surface area contributed by atoms with Crippen LogP contribution in [0.1, 0.15) is 117 Å². The zero-order valence-electron chi connectivity index (χ0n) is 43.8. The molecule has 0 amide bonds. The van der Waals surface area contributed by atoms with E-state index in [2.05, 4.69) is 102 Å². The van der Waals surface area contributed by atoms with Crippen LogP contribution in [0.25, 0.3) is 0 Å². The molecule has 11 fully saturated rings. The quantitative estimate of drug-likeness (QED) is 0.0869. The Morgan fingerprint density at radius 1 is 0.588 bits per heavy atom. The Labute approximate surface area is 412 Å². The number of fused-ring (bicyclic) bond motifs is 13. The topological polar surface area (TPSA) is 35.5 Å². The number of carbonyl (C=O) groups excluding carboxylic acids is 1. The summed E-state index contributed by atoms with van der Waals surface area (Å²) < 4.78 is 18.4. The Morgan fingerprint density at radius 3 is 1.69 bits per heavy atom. The molecule has 4 unspecified atom stereocenters. The minimum absolute atomic E-state index is 0.00643. The van der Waals surface area contributed by atoms with Crippen molar-refractivity contribution in [3.05, 3.63) is 96.3 Å². The summed E-state index contributed by atoms with van der Waals surface area (Å²) >= 11 is 0. The zero-order chi connectivity index (χ0) is 47.4. The Morgan fingerprint density at radius 2 is 1.13 bits per heavy atom. The maximum Gasteiger partial charge on any atom is 0.362 e. The van der Waals surface area contributed by atoms with Gasteiger partial charge in [-0.2, -0.15) is 0 Å². The van der Waals surface area contributed by atoms with Gasteiger partial charge in [-0.1, -0.05) is 114 Å². The average Bonchev–Trinajstić information content (AvgIpc) is 3.72. The predicted molar refractivity (Wildman–Crippen MR) is 273 cm³/mol. The van der Waals surface area contributed by atoms with Gasteiger partial charge in [0.2, 0.25) is 0 Å². The van der Waals surface area contributed by atoms with Gasteiger partial charge < -0.3 is 27.4 Å². The molecule has 2 aromatic rings. The number of quaternary nitrogens is 4. The highest BCUT2D eigenvalue weighted by atomic mass is 16.5. The fourth-order valence-electron chi connectivity index (χ4n) is 19.6. The Hall–Kier alpha value is -2.97. The SMILES string of the molecule is C=C(C[N+]12CC[N+](Cc3ccccc3)(CC1)CC2)OC[C@]12CC[C@@H](C(=C)C)C1C1CCC3[C@@]4(C)CC[C@H](OC(=O)C[N+]56CC[N+](Cc7ccccc7)(CC5)CC6)C(C)(C)C4CC[C@@]3(C)[C@]1(C)CC2. The van der Waals surface area contributed by atoms with Crippen molar-refractivity contribution in [1.82, 2.24) is 0 Å². The monoisotopic (exact) mass is 929 g/mol. The summed E-state index contributed by atoms with van der Waals surface area (Å²) in [5, 5.41) is 0. The van der Waals surface area contributed by atoms with Crippen molar-refractivity contribution < 1.29 is 32.2 Å². The van der Waals surface area contributed by atoms with E-state index in [1.165, 1.54) is 153 Å². The van der Waals surface area contributed by atoms with Crippen molar-refractivity contribution in [2.75, 3.05) is 98.2 Å². The molecule has 6 aliphatic heterocycles. The van der Waals surface area contributed by atoms with Crippen LogP contribution in [0.2, 0.25) is 0 Å². The second-order valence-electron chi connectivity index (χ2n) is 27.4. The van der Waals surface area contributed by atoms with Crippen LogP contribution < -0.4 is 0 Å². The smallest absolute Gasteiger partial charge is 0.362 e. The van der Waals surface area contributed by atoms with E-state index in [0.717, 1.165) is 56.0 Å². The molecule has 0 spiro atoms. The first kappa shape index (κ1) is 47.4. The molecule has 5 aliphatic carbocycles. The molecule has 10 atom stereocenters. The maximum atomic E-state index is 14.1. The Kier molecular flexibility index (Phi) is 11.7. The van der Waals surface area contributed by atoms with Crippen LogP contribution in [0.3, 0.4) is 0 Å². The fraction of sp³-hybridized carbons (Fsp3) is 0.721. The van der Waals surface area contributed by atoms with Gasteiger partial charge in [-0.05, 0) is 117 Å². The molecule has 6 saturated heterocycles. The van der Waals surface area contributed by atoms with Crippen LogP contribution in [0.4, 0.5) is 0 Å². The second-order valence-corrected chi connectivity index (χ2v) is 27.4. The number of esters is 1. The summed E-state index contributed by atoms with van der Waals surface area (Å²) in [5.41, 5.74) is 5.36.